The Labute approximate surface area is 312 Å². The minimum absolute atomic E-state index is 0. The lowest BCUT2D eigenvalue weighted by Gasteiger charge is -2.64. The molecule has 11 nitrogen and oxygen atoms in total. The fourth-order valence-electron chi connectivity index (χ4n) is 10.2. The van der Waals surface area contributed by atoms with Gasteiger partial charge >= 0.3 is 13.2 Å². The normalized spacial score (nSPS) is 32.4. The summed E-state index contributed by atoms with van der Waals surface area (Å²) in [5, 5.41) is 13.3. The van der Waals surface area contributed by atoms with E-state index in [0.717, 1.165) is 57.8 Å². The molecule has 286 valence electrons. The fraction of sp³-hybridized carbons (Fsp3) is 0.775. The van der Waals surface area contributed by atoms with Crippen molar-refractivity contribution in [2.24, 2.45) is 29.1 Å². The summed E-state index contributed by atoms with van der Waals surface area (Å²) < 4.78 is 24.8. The van der Waals surface area contributed by atoms with E-state index in [1.54, 1.807) is 4.90 Å². The van der Waals surface area contributed by atoms with E-state index in [1.807, 2.05) is 30.3 Å². The third-order valence-electron chi connectivity index (χ3n) is 14.4. The number of hydrogen-bond donors (Lipinski definition) is 1. The molecule has 52 heavy (non-hydrogen) atoms. The second-order valence-electron chi connectivity index (χ2n) is 17.9. The molecule has 8 atom stereocenters. The molecule has 1 aromatic carbocycles. The quantitative estimate of drug-likeness (QED) is 0.323. The Kier molecular flexibility index (Phi) is 10.8. The van der Waals surface area contributed by atoms with Crippen molar-refractivity contribution in [3.05, 3.63) is 35.9 Å². The number of piperazine rings is 1. The van der Waals surface area contributed by atoms with Gasteiger partial charge in [0, 0.05) is 39.7 Å². The minimum atomic E-state index is -0.747. The predicted molar refractivity (Wildman–Crippen MR) is 200 cm³/mol. The van der Waals surface area contributed by atoms with Crippen LogP contribution >= 0.6 is 0 Å². The second kappa shape index (κ2) is 14.9. The van der Waals surface area contributed by atoms with Crippen molar-refractivity contribution in [1.82, 2.24) is 20.0 Å². The first-order valence-electron chi connectivity index (χ1n) is 19.9. The first kappa shape index (κ1) is 37.6. The van der Waals surface area contributed by atoms with Crippen molar-refractivity contribution >= 4 is 19.1 Å². The van der Waals surface area contributed by atoms with Gasteiger partial charge in [-0.2, -0.15) is 5.26 Å². The van der Waals surface area contributed by atoms with Crippen molar-refractivity contribution in [1.29, 1.82) is 5.26 Å². The van der Waals surface area contributed by atoms with Crippen LogP contribution in [0.15, 0.2) is 30.3 Å². The van der Waals surface area contributed by atoms with Crippen LogP contribution in [0.1, 0.15) is 80.6 Å². The van der Waals surface area contributed by atoms with Crippen LogP contribution in [0.2, 0.25) is 0 Å². The molecule has 7 aliphatic rings. The van der Waals surface area contributed by atoms with E-state index < -0.39 is 36.8 Å². The van der Waals surface area contributed by atoms with Crippen LogP contribution < -0.4 is 5.32 Å². The summed E-state index contributed by atoms with van der Waals surface area (Å²) in [6.45, 7) is 20.0. The largest absolute Gasteiger partial charge is 0.482 e. The van der Waals surface area contributed by atoms with Crippen molar-refractivity contribution in [3.8, 4) is 6.07 Å². The molecule has 0 spiro atoms. The highest BCUT2D eigenvalue weighted by atomic mass is 16.7. The van der Waals surface area contributed by atoms with Crippen LogP contribution in [0.4, 0.5) is 4.79 Å². The molecule has 1 N–H and O–H groups in total. The van der Waals surface area contributed by atoms with Gasteiger partial charge in [0.05, 0.1) is 49.5 Å². The number of nitriles is 1. The summed E-state index contributed by atoms with van der Waals surface area (Å²) in [7, 11) is -0.591. The number of carbonyl (C=O) groups excluding carboxylic acids is 2. The molecule has 1 aromatic rings. The van der Waals surface area contributed by atoms with Crippen molar-refractivity contribution in [3.63, 3.8) is 0 Å². The van der Waals surface area contributed by atoms with Crippen LogP contribution in [0.5, 0.6) is 0 Å². The second-order valence-corrected chi connectivity index (χ2v) is 17.9. The van der Waals surface area contributed by atoms with E-state index in [9.17, 15) is 14.9 Å². The molecule has 2 bridgehead atoms. The van der Waals surface area contributed by atoms with Crippen LogP contribution in [-0.2, 0) is 30.0 Å². The topological polar surface area (TPSA) is 117 Å². The average Bonchev–Trinajstić information content (AvgIpc) is 3.47. The Hall–Kier alpha value is -2.69. The Morgan fingerprint density at radius 2 is 1.85 bits per heavy atom. The maximum absolute atomic E-state index is 13.8. The summed E-state index contributed by atoms with van der Waals surface area (Å²) in [4.78, 5) is 34.2. The summed E-state index contributed by atoms with van der Waals surface area (Å²) >= 11 is 0. The molecule has 4 unspecified atom stereocenters. The monoisotopic (exact) mass is 719 g/mol. The smallest absolute Gasteiger partial charge is 0.444 e. The van der Waals surface area contributed by atoms with Gasteiger partial charge in [-0.15, -0.1) is 0 Å². The van der Waals surface area contributed by atoms with Gasteiger partial charge < -0.3 is 29.0 Å². The van der Waals surface area contributed by atoms with Crippen LogP contribution in [0.25, 0.3) is 0 Å². The van der Waals surface area contributed by atoms with E-state index in [2.05, 4.69) is 62.7 Å². The Bertz CT molecular complexity index is 1490. The average molecular weight is 720 g/mol. The molecule has 4 aliphatic heterocycles. The molecule has 3 aliphatic carbocycles. The minimum Gasteiger partial charge on any atom is -0.444 e. The lowest BCUT2D eigenvalue weighted by molar-refractivity contribution is -0.199. The number of piperidine rings is 1. The van der Waals surface area contributed by atoms with E-state index in [1.165, 1.54) is 0 Å². The first-order valence-corrected chi connectivity index (χ1v) is 19.9. The van der Waals surface area contributed by atoms with E-state index in [4.69, 9.17) is 18.8 Å². The third-order valence-corrected chi connectivity index (χ3v) is 14.4. The molecule has 3 saturated carbocycles. The SMILES string of the molecule is CC(CC(C#N)C(=O)N1CCC[C@H](OC(=O)N[C@@H](Cc2ccccc2)B2O[C@@H]3CC4CC(C4(C)C)[C@]3(C)O2)C1)C(C)(C)N1CCN(C2COC2)CC1.[HH]. The number of ether oxygens (including phenoxy) is 2. The van der Waals surface area contributed by atoms with Gasteiger partial charge in [0.1, 0.15) is 12.0 Å². The zero-order valence-electron chi connectivity index (χ0n) is 32.2. The Morgan fingerprint density at radius 1 is 1.12 bits per heavy atom. The number of nitrogens with one attached hydrogen (secondary N) is 1. The van der Waals surface area contributed by atoms with Gasteiger partial charge in [-0.1, -0.05) is 51.1 Å². The summed E-state index contributed by atoms with van der Waals surface area (Å²) in [6.07, 6.45) is 3.54. The summed E-state index contributed by atoms with van der Waals surface area (Å²) in [5.74, 6) is -0.180. The number of rotatable bonds is 11. The molecule has 4 heterocycles. The molecular formula is C40H62BN5O6. The number of alkyl carbamates (subject to hydrolysis) is 1. The highest BCUT2D eigenvalue weighted by molar-refractivity contribution is 6.47. The number of nitrogens with zero attached hydrogens (tertiary/aromatic N) is 4. The molecule has 7 fully saturated rings. The Balaban J connectivity index is 0.00000481. The first-order chi connectivity index (χ1) is 24.8. The Morgan fingerprint density at radius 3 is 2.50 bits per heavy atom. The molecule has 4 saturated heterocycles. The zero-order valence-corrected chi connectivity index (χ0v) is 32.2. The number of hydrogen-bond acceptors (Lipinski definition) is 9. The van der Waals surface area contributed by atoms with Crippen molar-refractivity contribution < 1.29 is 29.8 Å². The number of carbonyl (C=O) groups is 2. The number of likely N-dealkylation sites (tertiary alicyclic amines) is 1. The maximum Gasteiger partial charge on any atom is 0.482 e. The maximum atomic E-state index is 13.8. The van der Waals surface area contributed by atoms with E-state index in [-0.39, 0.29) is 36.9 Å². The standard InChI is InChI=1S/C40H60BN5O6.H2/c1-27(39(4,5)46-17-15-44(16-18-46)31-25-49-26-31)19-29(23-42)36(47)45-14-10-13-32(24-45)50-37(48)43-35(20-28-11-8-7-9-12-28)41-51-34-22-30-21-33(38(30,2)3)40(34,6)52-41;/h7-9,11-12,27,29-35H,10,13-22,24-26H2,1-6H3,(H,43,48);1H/t27?,29?,30?,32-,33?,34+,35-,40-;/m0./s1. The molecule has 2 amide bonds. The fourth-order valence-corrected chi connectivity index (χ4v) is 10.2. The molecule has 12 heteroatoms. The zero-order chi connectivity index (χ0) is 36.8. The van der Waals surface area contributed by atoms with Gasteiger partial charge in [0.15, 0.2) is 0 Å². The number of amides is 2. The highest BCUT2D eigenvalue weighted by Crippen LogP contribution is 2.65. The van der Waals surface area contributed by atoms with Crippen LogP contribution in [-0.4, -0.2) is 122 Å². The van der Waals surface area contributed by atoms with Crippen LogP contribution in [0.3, 0.4) is 0 Å². The lowest BCUT2D eigenvalue weighted by atomic mass is 9.43. The lowest BCUT2D eigenvalue weighted by Crippen LogP contribution is -2.65. The van der Waals surface area contributed by atoms with Gasteiger partial charge in [0.2, 0.25) is 5.91 Å². The van der Waals surface area contributed by atoms with E-state index >= 15 is 0 Å². The van der Waals surface area contributed by atoms with Gasteiger partial charge in [-0.25, -0.2) is 4.79 Å². The van der Waals surface area contributed by atoms with Gasteiger partial charge in [-0.3, -0.25) is 14.6 Å². The highest BCUT2D eigenvalue weighted by Gasteiger charge is 2.68. The van der Waals surface area contributed by atoms with Crippen molar-refractivity contribution in [2.45, 2.75) is 115 Å². The van der Waals surface area contributed by atoms with Crippen molar-refractivity contribution in [2.75, 3.05) is 52.5 Å². The molecule has 0 aromatic heterocycles. The van der Waals surface area contributed by atoms with Gasteiger partial charge in [-0.05, 0) is 88.0 Å². The van der Waals surface area contributed by atoms with Gasteiger partial charge in [0.25, 0.3) is 0 Å². The molecule has 8 rings (SSSR count). The molecular weight excluding hydrogens is 657 g/mol. The number of benzene rings is 1. The molecule has 0 radical (unpaired) electrons. The third kappa shape index (κ3) is 7.25. The van der Waals surface area contributed by atoms with E-state index in [0.29, 0.717) is 50.1 Å². The summed E-state index contributed by atoms with van der Waals surface area (Å²) in [5.41, 5.74) is 0.746. The van der Waals surface area contributed by atoms with Crippen LogP contribution in [0, 0.1) is 40.4 Å². The predicted octanol–water partition coefficient (Wildman–Crippen LogP) is 4.79. The summed E-state index contributed by atoms with van der Waals surface area (Å²) in [6, 6.07) is 13.0.